The number of nitrogens with zero attached hydrogens (tertiary/aromatic N) is 1. The number of nitrogens with one attached hydrogen (secondary N) is 2. The number of carbonyl (C=O) groups is 3. The van der Waals surface area contributed by atoms with E-state index in [4.69, 9.17) is 5.11 Å². The Bertz CT molecular complexity index is 319. The van der Waals surface area contributed by atoms with Gasteiger partial charge in [-0.2, -0.15) is 0 Å². The predicted octanol–water partition coefficient (Wildman–Crippen LogP) is 0.0156. The van der Waals surface area contributed by atoms with Gasteiger partial charge in [0.25, 0.3) is 0 Å². The van der Waals surface area contributed by atoms with Gasteiger partial charge in [0.05, 0.1) is 6.42 Å². The SMILES string of the molecule is CCN(C)C(=O)C(C)NC(=O)NC(C)CC(=O)O. The van der Waals surface area contributed by atoms with E-state index < -0.39 is 24.1 Å². The van der Waals surface area contributed by atoms with Crippen LogP contribution in [0.25, 0.3) is 0 Å². The van der Waals surface area contributed by atoms with E-state index in [1.807, 2.05) is 6.92 Å². The van der Waals surface area contributed by atoms with Crippen molar-refractivity contribution in [1.82, 2.24) is 15.5 Å². The molecule has 104 valence electrons. The molecule has 0 fully saturated rings. The molecule has 7 nitrogen and oxygen atoms in total. The minimum atomic E-state index is -0.988. The van der Waals surface area contributed by atoms with Crippen molar-refractivity contribution in [2.24, 2.45) is 0 Å². The van der Waals surface area contributed by atoms with Crippen LogP contribution in [-0.2, 0) is 9.59 Å². The van der Waals surface area contributed by atoms with Crippen molar-refractivity contribution in [3.05, 3.63) is 0 Å². The number of likely N-dealkylation sites (N-methyl/N-ethyl adjacent to an activating group) is 1. The van der Waals surface area contributed by atoms with Crippen molar-refractivity contribution in [1.29, 1.82) is 0 Å². The van der Waals surface area contributed by atoms with Crippen LogP contribution in [0.15, 0.2) is 0 Å². The maximum atomic E-state index is 11.7. The van der Waals surface area contributed by atoms with Gasteiger partial charge in [0.1, 0.15) is 6.04 Å². The van der Waals surface area contributed by atoms with E-state index in [1.165, 1.54) is 4.90 Å². The average molecular weight is 259 g/mol. The molecular formula is C11H21N3O4. The number of rotatable bonds is 6. The Morgan fingerprint density at radius 3 is 2.22 bits per heavy atom. The standard InChI is InChI=1S/C11H21N3O4/c1-5-14(4)10(17)8(3)13-11(18)12-7(2)6-9(15)16/h7-8H,5-6H2,1-4H3,(H,15,16)(H2,12,13,18). The molecule has 0 saturated carbocycles. The Balaban J connectivity index is 4.15. The number of amides is 3. The van der Waals surface area contributed by atoms with Crippen molar-refractivity contribution in [3.8, 4) is 0 Å². The number of carbonyl (C=O) groups excluding carboxylic acids is 2. The highest BCUT2D eigenvalue weighted by atomic mass is 16.4. The zero-order valence-electron chi connectivity index (χ0n) is 11.2. The molecule has 0 aliphatic heterocycles. The number of urea groups is 1. The van der Waals surface area contributed by atoms with Gasteiger partial charge in [0.2, 0.25) is 5.91 Å². The first-order chi connectivity index (χ1) is 8.27. The molecule has 3 N–H and O–H groups in total. The first-order valence-electron chi connectivity index (χ1n) is 5.81. The van der Waals surface area contributed by atoms with Crippen LogP contribution >= 0.6 is 0 Å². The van der Waals surface area contributed by atoms with Crippen LogP contribution in [0.4, 0.5) is 4.79 Å². The van der Waals surface area contributed by atoms with Crippen molar-refractivity contribution < 1.29 is 19.5 Å². The highest BCUT2D eigenvalue weighted by molar-refractivity contribution is 5.86. The maximum absolute atomic E-state index is 11.7. The summed E-state index contributed by atoms with van der Waals surface area (Å²) in [6.45, 7) is 5.55. The summed E-state index contributed by atoms with van der Waals surface area (Å²) in [7, 11) is 1.64. The lowest BCUT2D eigenvalue weighted by atomic mass is 10.2. The van der Waals surface area contributed by atoms with E-state index >= 15 is 0 Å². The number of hydrogen-bond donors (Lipinski definition) is 3. The molecule has 0 radical (unpaired) electrons. The topological polar surface area (TPSA) is 98.7 Å². The molecule has 0 aromatic rings. The van der Waals surface area contributed by atoms with Crippen molar-refractivity contribution in [2.45, 2.75) is 39.3 Å². The summed E-state index contributed by atoms with van der Waals surface area (Å²) in [5, 5.41) is 13.5. The molecule has 0 bridgehead atoms. The van der Waals surface area contributed by atoms with Gasteiger partial charge in [-0.3, -0.25) is 9.59 Å². The van der Waals surface area contributed by atoms with Crippen molar-refractivity contribution in [2.75, 3.05) is 13.6 Å². The zero-order valence-corrected chi connectivity index (χ0v) is 11.2. The fourth-order valence-electron chi connectivity index (χ4n) is 1.32. The lowest BCUT2D eigenvalue weighted by Crippen LogP contribution is -2.50. The normalized spacial score (nSPS) is 13.3. The summed E-state index contributed by atoms with van der Waals surface area (Å²) in [6.07, 6.45) is -0.162. The van der Waals surface area contributed by atoms with Crippen LogP contribution in [0.1, 0.15) is 27.2 Å². The van der Waals surface area contributed by atoms with Gasteiger partial charge >= 0.3 is 12.0 Å². The molecule has 0 aromatic heterocycles. The maximum Gasteiger partial charge on any atom is 0.315 e. The third-order valence-corrected chi connectivity index (χ3v) is 2.43. The lowest BCUT2D eigenvalue weighted by molar-refractivity contribution is -0.137. The van der Waals surface area contributed by atoms with Crippen molar-refractivity contribution in [3.63, 3.8) is 0 Å². The van der Waals surface area contributed by atoms with Crippen molar-refractivity contribution >= 4 is 17.9 Å². The molecule has 0 aliphatic carbocycles. The lowest BCUT2D eigenvalue weighted by Gasteiger charge is -2.21. The highest BCUT2D eigenvalue weighted by Gasteiger charge is 2.19. The first kappa shape index (κ1) is 16.2. The predicted molar refractivity (Wildman–Crippen MR) is 66.2 cm³/mol. The number of carboxylic acids is 1. The zero-order chi connectivity index (χ0) is 14.3. The van der Waals surface area contributed by atoms with Crippen LogP contribution in [0, 0.1) is 0 Å². The summed E-state index contributed by atoms with van der Waals surface area (Å²) in [4.78, 5) is 35.0. The number of aliphatic carboxylic acids is 1. The van der Waals surface area contributed by atoms with E-state index in [1.54, 1.807) is 20.9 Å². The second-order valence-corrected chi connectivity index (χ2v) is 4.19. The molecule has 0 rings (SSSR count). The van der Waals surface area contributed by atoms with Gasteiger partial charge in [-0.25, -0.2) is 4.79 Å². The van der Waals surface area contributed by atoms with E-state index in [0.29, 0.717) is 6.54 Å². The summed E-state index contributed by atoms with van der Waals surface area (Å²) in [5.41, 5.74) is 0. The van der Waals surface area contributed by atoms with Gasteiger partial charge in [-0.1, -0.05) is 0 Å². The Labute approximate surface area is 107 Å². The van der Waals surface area contributed by atoms with Gasteiger partial charge in [0, 0.05) is 19.6 Å². The van der Waals surface area contributed by atoms with Gasteiger partial charge in [0.15, 0.2) is 0 Å². The van der Waals surface area contributed by atoms with E-state index in [2.05, 4.69) is 10.6 Å². The molecule has 0 aromatic carbocycles. The molecule has 2 unspecified atom stereocenters. The summed E-state index contributed by atoms with van der Waals surface area (Å²) >= 11 is 0. The van der Waals surface area contributed by atoms with Gasteiger partial charge < -0.3 is 20.6 Å². The molecule has 0 saturated heterocycles. The highest BCUT2D eigenvalue weighted by Crippen LogP contribution is 1.93. The fourth-order valence-corrected chi connectivity index (χ4v) is 1.32. The van der Waals surface area contributed by atoms with Gasteiger partial charge in [-0.05, 0) is 20.8 Å². The van der Waals surface area contributed by atoms with Crippen LogP contribution < -0.4 is 10.6 Å². The summed E-state index contributed by atoms with van der Waals surface area (Å²) < 4.78 is 0. The van der Waals surface area contributed by atoms with Crippen LogP contribution in [-0.4, -0.2) is 53.6 Å². The third kappa shape index (κ3) is 6.07. The second-order valence-electron chi connectivity index (χ2n) is 4.19. The van der Waals surface area contributed by atoms with Crippen LogP contribution in [0.3, 0.4) is 0 Å². The Morgan fingerprint density at radius 2 is 1.78 bits per heavy atom. The molecule has 18 heavy (non-hydrogen) atoms. The summed E-state index contributed by atoms with van der Waals surface area (Å²) in [5.74, 6) is -1.18. The molecule has 0 aliphatic rings. The molecule has 7 heteroatoms. The molecular weight excluding hydrogens is 238 g/mol. The van der Waals surface area contributed by atoms with Crippen LogP contribution in [0.2, 0.25) is 0 Å². The molecule has 0 heterocycles. The Hall–Kier alpha value is -1.79. The Kier molecular flexibility index (Phi) is 6.77. The molecule has 2 atom stereocenters. The number of carboxylic acid groups (broad SMARTS) is 1. The third-order valence-electron chi connectivity index (χ3n) is 2.43. The molecule has 3 amide bonds. The fraction of sp³-hybridized carbons (Fsp3) is 0.727. The number of hydrogen-bond acceptors (Lipinski definition) is 3. The quantitative estimate of drug-likeness (QED) is 0.626. The van der Waals surface area contributed by atoms with E-state index in [-0.39, 0.29) is 12.3 Å². The second kappa shape index (κ2) is 7.52. The largest absolute Gasteiger partial charge is 0.481 e. The Morgan fingerprint density at radius 1 is 1.22 bits per heavy atom. The minimum absolute atomic E-state index is 0.162. The van der Waals surface area contributed by atoms with E-state index in [9.17, 15) is 14.4 Å². The minimum Gasteiger partial charge on any atom is -0.481 e. The average Bonchev–Trinajstić information content (AvgIpc) is 2.25. The van der Waals surface area contributed by atoms with Gasteiger partial charge in [-0.15, -0.1) is 0 Å². The van der Waals surface area contributed by atoms with E-state index in [0.717, 1.165) is 0 Å². The monoisotopic (exact) mass is 259 g/mol. The smallest absolute Gasteiger partial charge is 0.315 e. The molecule has 0 spiro atoms. The first-order valence-corrected chi connectivity index (χ1v) is 5.81. The summed E-state index contributed by atoms with van der Waals surface area (Å²) in [6, 6.07) is -1.69. The van der Waals surface area contributed by atoms with Crippen LogP contribution in [0.5, 0.6) is 0 Å².